The van der Waals surface area contributed by atoms with Gasteiger partial charge < -0.3 is 36.2 Å². The summed E-state index contributed by atoms with van der Waals surface area (Å²) in [6.45, 7) is 16.0. The fraction of sp³-hybridized carbons (Fsp3) is 1.00. The van der Waals surface area contributed by atoms with Crippen molar-refractivity contribution in [2.45, 2.75) is 73.4 Å². The fourth-order valence-electron chi connectivity index (χ4n) is 2.37. The van der Waals surface area contributed by atoms with Crippen LogP contribution in [0.5, 0.6) is 0 Å². The lowest BCUT2D eigenvalue weighted by Gasteiger charge is -2.47. The zero-order valence-electron chi connectivity index (χ0n) is 16.6. The van der Waals surface area contributed by atoms with Crippen molar-refractivity contribution in [1.29, 1.82) is 0 Å². The molecule has 0 saturated heterocycles. The van der Waals surface area contributed by atoms with Crippen LogP contribution in [0.3, 0.4) is 0 Å². The Morgan fingerprint density at radius 2 is 1.04 bits per heavy atom. The van der Waals surface area contributed by atoms with Crippen LogP contribution in [0.15, 0.2) is 0 Å². The zero-order chi connectivity index (χ0) is 20.3. The third kappa shape index (κ3) is 11.7. The highest BCUT2D eigenvalue weighted by molar-refractivity contribution is 6.50. The molecule has 154 valence electrons. The lowest BCUT2D eigenvalue weighted by molar-refractivity contribution is -1.03. The highest BCUT2D eigenvalue weighted by Crippen LogP contribution is 2.25. The number of rotatable bonds is 11. The van der Waals surface area contributed by atoms with Gasteiger partial charge in [0.05, 0.1) is 20.3 Å². The van der Waals surface area contributed by atoms with Crippen LogP contribution in [0, 0.1) is 0 Å². The minimum Gasteiger partial charge on any atom is -0.418 e. The summed E-state index contributed by atoms with van der Waals surface area (Å²) in [5, 5.41) is 0. The maximum Gasteiger partial charge on any atom is 0.673 e. The van der Waals surface area contributed by atoms with E-state index in [1.165, 1.54) is 0 Å². The molecule has 0 aliphatic heterocycles. The largest absolute Gasteiger partial charge is 0.673 e. The van der Waals surface area contributed by atoms with Crippen molar-refractivity contribution >= 4 is 7.25 Å². The monoisotopic (exact) mass is 379 g/mol. The summed E-state index contributed by atoms with van der Waals surface area (Å²) in [6.07, 6.45) is -0.384. The Hall–Kier alpha value is -0.415. The van der Waals surface area contributed by atoms with Crippen LogP contribution in [0.2, 0.25) is 0 Å². The van der Waals surface area contributed by atoms with Gasteiger partial charge in [-0.15, -0.1) is 0 Å². The third-order valence-corrected chi connectivity index (χ3v) is 3.96. The van der Waals surface area contributed by atoms with Gasteiger partial charge in [0, 0.05) is 27.4 Å². The zero-order valence-corrected chi connectivity index (χ0v) is 16.6. The Balaban J connectivity index is 0. The highest BCUT2D eigenvalue weighted by atomic mass is 19.5. The third-order valence-electron chi connectivity index (χ3n) is 3.96. The van der Waals surface area contributed by atoms with Crippen LogP contribution >= 0.6 is 0 Å². The Bertz CT molecular complexity index is 319. The highest BCUT2D eigenvalue weighted by Gasteiger charge is 2.42. The molecule has 0 spiro atoms. The van der Waals surface area contributed by atoms with Gasteiger partial charge in [-0.25, -0.2) is 0 Å². The molecule has 0 aromatic carbocycles. The number of ether oxygens (including phenoxy) is 4. The predicted molar refractivity (Wildman–Crippen MR) is 90.2 cm³/mol. The minimum absolute atomic E-state index is 0.0228. The number of halogens is 4. The normalized spacial score (nSPS) is 19.2. The molecular formula is C15H34BF4NO4. The first-order valence-corrected chi connectivity index (χ1v) is 8.57. The van der Waals surface area contributed by atoms with Gasteiger partial charge in [0.2, 0.25) is 0 Å². The van der Waals surface area contributed by atoms with Crippen LogP contribution in [0.1, 0.15) is 48.5 Å². The molecule has 25 heavy (non-hydrogen) atoms. The Kier molecular flexibility index (Phi) is 13.8. The average molecular weight is 379 g/mol. The van der Waals surface area contributed by atoms with Crippen molar-refractivity contribution < 1.29 is 40.7 Å². The van der Waals surface area contributed by atoms with Crippen molar-refractivity contribution in [1.82, 2.24) is 0 Å². The summed E-state index contributed by atoms with van der Waals surface area (Å²) >= 11 is 0. The summed E-state index contributed by atoms with van der Waals surface area (Å²) in [5.41, 5.74) is 0. The topological polar surface area (TPSA) is 36.9 Å². The van der Waals surface area contributed by atoms with E-state index in [4.69, 9.17) is 18.9 Å². The van der Waals surface area contributed by atoms with Crippen molar-refractivity contribution in [2.75, 3.05) is 26.9 Å². The molecular weight excluding hydrogens is 345 g/mol. The van der Waals surface area contributed by atoms with Crippen molar-refractivity contribution in [3.8, 4) is 0 Å². The molecule has 0 saturated carbocycles. The number of quaternary nitrogens is 1. The summed E-state index contributed by atoms with van der Waals surface area (Å²) in [7, 11) is -3.90. The number of hydrogen-bond acceptors (Lipinski definition) is 4. The number of hydrogen-bond donors (Lipinski definition) is 0. The van der Waals surface area contributed by atoms with Crippen molar-refractivity contribution in [3.05, 3.63) is 0 Å². The van der Waals surface area contributed by atoms with Gasteiger partial charge in [-0.1, -0.05) is 0 Å². The van der Waals surface area contributed by atoms with E-state index in [-0.39, 0.29) is 25.0 Å². The van der Waals surface area contributed by atoms with E-state index in [0.717, 1.165) is 0 Å². The van der Waals surface area contributed by atoms with Gasteiger partial charge in [-0.3, -0.25) is 4.48 Å². The van der Waals surface area contributed by atoms with Crippen LogP contribution in [0.4, 0.5) is 17.3 Å². The Labute approximate surface area is 149 Å². The molecule has 0 radical (unpaired) electrons. The van der Waals surface area contributed by atoms with Gasteiger partial charge in [-0.2, -0.15) is 0 Å². The van der Waals surface area contributed by atoms with Crippen LogP contribution in [-0.4, -0.2) is 63.6 Å². The minimum atomic E-state index is -6.00. The lowest BCUT2D eigenvalue weighted by Crippen LogP contribution is -2.64. The maximum absolute atomic E-state index is 9.75. The molecule has 4 atom stereocenters. The van der Waals surface area contributed by atoms with Crippen LogP contribution in [-0.2, 0) is 18.9 Å². The maximum atomic E-state index is 9.75. The van der Waals surface area contributed by atoms with Crippen molar-refractivity contribution in [2.24, 2.45) is 0 Å². The standard InChI is InChI=1S/C15H34NO4.BF4/c1-9-17-12(4)16(8,13(5)18-10-2)14(6)20-15(7)19-11-3;2-1(3,4)5/h12-15H,9-11H2,1-8H3;/q+1;-1. The van der Waals surface area contributed by atoms with Gasteiger partial charge in [0.1, 0.15) is 0 Å². The summed E-state index contributed by atoms with van der Waals surface area (Å²) in [6, 6.07) is 0. The molecule has 0 amide bonds. The summed E-state index contributed by atoms with van der Waals surface area (Å²) < 4.78 is 62.6. The second-order valence-electron chi connectivity index (χ2n) is 5.58. The second-order valence-corrected chi connectivity index (χ2v) is 5.58. The molecule has 0 aromatic rings. The molecule has 10 heteroatoms. The molecule has 0 N–H and O–H groups in total. The van der Waals surface area contributed by atoms with E-state index >= 15 is 0 Å². The van der Waals surface area contributed by atoms with E-state index in [1.54, 1.807) is 0 Å². The smallest absolute Gasteiger partial charge is 0.418 e. The van der Waals surface area contributed by atoms with Crippen LogP contribution in [0.25, 0.3) is 0 Å². The number of nitrogens with zero attached hydrogens (tertiary/aromatic N) is 1. The van der Waals surface area contributed by atoms with Gasteiger partial charge >= 0.3 is 7.25 Å². The quantitative estimate of drug-likeness (QED) is 0.233. The molecule has 0 heterocycles. The molecule has 0 aliphatic carbocycles. The van der Waals surface area contributed by atoms with Crippen molar-refractivity contribution in [3.63, 3.8) is 0 Å². The van der Waals surface area contributed by atoms with Gasteiger partial charge in [0.15, 0.2) is 25.0 Å². The van der Waals surface area contributed by atoms with Gasteiger partial charge in [0.25, 0.3) is 0 Å². The summed E-state index contributed by atoms with van der Waals surface area (Å²) in [4.78, 5) is 0. The van der Waals surface area contributed by atoms with E-state index in [0.29, 0.717) is 24.3 Å². The molecule has 0 bridgehead atoms. The van der Waals surface area contributed by atoms with E-state index in [1.807, 2.05) is 34.6 Å². The molecule has 5 nitrogen and oxygen atoms in total. The fourth-order valence-corrected chi connectivity index (χ4v) is 2.37. The first-order valence-electron chi connectivity index (χ1n) is 8.57. The molecule has 4 unspecified atom stereocenters. The average Bonchev–Trinajstić information content (AvgIpc) is 2.45. The second kappa shape index (κ2) is 12.9. The first kappa shape index (κ1) is 26.8. The molecule has 0 aromatic heterocycles. The first-order chi connectivity index (χ1) is 11.3. The summed E-state index contributed by atoms with van der Waals surface area (Å²) in [5.74, 6) is 0. The molecule has 0 rings (SSSR count). The van der Waals surface area contributed by atoms with E-state index in [2.05, 4.69) is 20.9 Å². The van der Waals surface area contributed by atoms with Gasteiger partial charge in [-0.05, 0) is 27.7 Å². The molecule has 0 fully saturated rings. The molecule has 0 aliphatic rings. The lowest BCUT2D eigenvalue weighted by atomic mass is 10.3. The SMILES string of the molecule is CCOC(C)OC(C)[N+](C)(C(C)OCC)C(C)OCC.F[B-](F)(F)F. The van der Waals surface area contributed by atoms with Crippen LogP contribution < -0.4 is 0 Å². The Morgan fingerprint density at radius 3 is 1.32 bits per heavy atom. The van der Waals surface area contributed by atoms with E-state index in [9.17, 15) is 17.3 Å². The predicted octanol–water partition coefficient (Wildman–Crippen LogP) is 4.24. The Morgan fingerprint density at radius 1 is 0.720 bits per heavy atom. The van der Waals surface area contributed by atoms with E-state index < -0.39 is 7.25 Å².